The molecule has 1 fully saturated rings. The molecule has 3 rings (SSSR count). The van der Waals surface area contributed by atoms with Gasteiger partial charge in [0.2, 0.25) is 0 Å². The summed E-state index contributed by atoms with van der Waals surface area (Å²) in [4.78, 5) is 13.4. The van der Waals surface area contributed by atoms with Crippen molar-refractivity contribution in [3.63, 3.8) is 0 Å². The molecule has 0 radical (unpaired) electrons. The van der Waals surface area contributed by atoms with Gasteiger partial charge in [-0.1, -0.05) is 47.5 Å². The van der Waals surface area contributed by atoms with E-state index < -0.39 is 34.8 Å². The van der Waals surface area contributed by atoms with Crippen LogP contribution in [-0.2, 0) is 11.0 Å². The van der Waals surface area contributed by atoms with Crippen LogP contribution in [-0.4, -0.2) is 28.6 Å². The van der Waals surface area contributed by atoms with Gasteiger partial charge < -0.3 is 5.11 Å². The van der Waals surface area contributed by atoms with E-state index in [1.165, 1.54) is 12.1 Å². The zero-order chi connectivity index (χ0) is 19.8. The van der Waals surface area contributed by atoms with Gasteiger partial charge in [0.1, 0.15) is 6.04 Å². The molecule has 1 heterocycles. The highest BCUT2D eigenvalue weighted by Crippen LogP contribution is 2.41. The van der Waals surface area contributed by atoms with Crippen molar-refractivity contribution in [1.29, 1.82) is 0 Å². The predicted molar refractivity (Wildman–Crippen MR) is 97.1 cm³/mol. The van der Waals surface area contributed by atoms with E-state index in [0.29, 0.717) is 35.5 Å². The highest BCUT2D eigenvalue weighted by atomic mass is 35.5. The molecule has 144 valence electrons. The van der Waals surface area contributed by atoms with Crippen LogP contribution in [0.2, 0.25) is 10.0 Å². The summed E-state index contributed by atoms with van der Waals surface area (Å²) in [5.74, 6) is -1.01. The molecule has 2 unspecified atom stereocenters. The number of rotatable bonds is 4. The first kappa shape index (κ1) is 20.0. The van der Waals surface area contributed by atoms with Crippen molar-refractivity contribution in [2.45, 2.75) is 31.1 Å². The molecule has 2 atom stereocenters. The van der Waals surface area contributed by atoms with Crippen LogP contribution in [0.25, 0.3) is 0 Å². The second-order valence-electron chi connectivity index (χ2n) is 6.40. The molecule has 1 aliphatic rings. The molecule has 3 nitrogen and oxygen atoms in total. The average molecular weight is 418 g/mol. The number of likely N-dealkylation sites (tertiary alicyclic amines) is 1. The largest absolute Gasteiger partial charge is 0.480 e. The van der Waals surface area contributed by atoms with Gasteiger partial charge in [0.15, 0.2) is 0 Å². The molecule has 1 aliphatic heterocycles. The molecule has 2 aromatic carbocycles. The molecule has 0 aromatic heterocycles. The van der Waals surface area contributed by atoms with Gasteiger partial charge in [-0.05, 0) is 42.2 Å². The molecular weight excluding hydrogens is 402 g/mol. The predicted octanol–water partition coefficient (Wildman–Crippen LogP) is 5.65. The van der Waals surface area contributed by atoms with Crippen LogP contribution in [0.5, 0.6) is 0 Å². The third-order valence-electron chi connectivity index (χ3n) is 4.72. The molecule has 0 saturated carbocycles. The Morgan fingerprint density at radius 1 is 1.15 bits per heavy atom. The standard InChI is InChI=1S/C19H16Cl2F3NO2/c20-14-5-2-1-4-12(14)17(25-9-3-6-16(25)18(26)27)11-7-8-15(21)13(10-11)19(22,23)24/h1-2,4-5,7-8,10,16-17H,3,6,9H2,(H,26,27). The Bertz CT molecular complexity index is 857. The third-order valence-corrected chi connectivity index (χ3v) is 5.40. The molecule has 0 amide bonds. The van der Waals surface area contributed by atoms with E-state index in [1.54, 1.807) is 29.2 Å². The van der Waals surface area contributed by atoms with E-state index >= 15 is 0 Å². The van der Waals surface area contributed by atoms with E-state index in [4.69, 9.17) is 23.2 Å². The quantitative estimate of drug-likeness (QED) is 0.698. The van der Waals surface area contributed by atoms with E-state index in [9.17, 15) is 23.1 Å². The fourth-order valence-corrected chi connectivity index (χ4v) is 4.00. The number of carboxylic acids is 1. The lowest BCUT2D eigenvalue weighted by Gasteiger charge is -2.33. The van der Waals surface area contributed by atoms with E-state index in [2.05, 4.69) is 0 Å². The van der Waals surface area contributed by atoms with Crippen molar-refractivity contribution in [3.8, 4) is 0 Å². The Morgan fingerprint density at radius 2 is 1.85 bits per heavy atom. The summed E-state index contributed by atoms with van der Waals surface area (Å²) in [6, 6.07) is 8.91. The van der Waals surface area contributed by atoms with E-state index in [0.717, 1.165) is 6.07 Å². The van der Waals surface area contributed by atoms with Gasteiger partial charge in [-0.2, -0.15) is 13.2 Å². The lowest BCUT2D eigenvalue weighted by molar-refractivity contribution is -0.143. The van der Waals surface area contributed by atoms with Gasteiger partial charge in [-0.3, -0.25) is 9.69 Å². The van der Waals surface area contributed by atoms with Crippen LogP contribution >= 0.6 is 23.2 Å². The first-order chi connectivity index (χ1) is 12.7. The van der Waals surface area contributed by atoms with Crippen LogP contribution in [0.1, 0.15) is 35.6 Å². The van der Waals surface area contributed by atoms with Crippen molar-refractivity contribution < 1.29 is 23.1 Å². The van der Waals surface area contributed by atoms with Crippen LogP contribution < -0.4 is 0 Å². The van der Waals surface area contributed by atoms with Crippen molar-refractivity contribution in [2.24, 2.45) is 0 Å². The number of nitrogens with zero attached hydrogens (tertiary/aromatic N) is 1. The smallest absolute Gasteiger partial charge is 0.417 e. The number of halogens is 5. The van der Waals surface area contributed by atoms with Gasteiger partial charge in [0.25, 0.3) is 0 Å². The van der Waals surface area contributed by atoms with Crippen molar-refractivity contribution in [3.05, 3.63) is 69.2 Å². The number of benzene rings is 2. The molecule has 0 spiro atoms. The second-order valence-corrected chi connectivity index (χ2v) is 7.21. The lowest BCUT2D eigenvalue weighted by atomic mass is 9.94. The highest BCUT2D eigenvalue weighted by molar-refractivity contribution is 6.31. The van der Waals surface area contributed by atoms with Gasteiger partial charge in [-0.25, -0.2) is 0 Å². The minimum Gasteiger partial charge on any atom is -0.480 e. The SMILES string of the molecule is O=C(O)C1CCCN1C(c1ccc(Cl)c(C(F)(F)F)c1)c1ccccc1Cl. The fourth-order valence-electron chi connectivity index (χ4n) is 3.54. The number of carboxylic acid groups (broad SMARTS) is 1. The summed E-state index contributed by atoms with van der Waals surface area (Å²) in [6.45, 7) is 0.441. The van der Waals surface area contributed by atoms with Crippen molar-refractivity contribution in [1.82, 2.24) is 4.90 Å². The average Bonchev–Trinajstić information content (AvgIpc) is 3.07. The molecule has 1 saturated heterocycles. The Balaban J connectivity index is 2.17. The summed E-state index contributed by atoms with van der Waals surface area (Å²) in [7, 11) is 0. The fraction of sp³-hybridized carbons (Fsp3) is 0.316. The molecule has 2 aromatic rings. The van der Waals surface area contributed by atoms with Gasteiger partial charge in [0.05, 0.1) is 16.6 Å². The second kappa shape index (κ2) is 7.70. The zero-order valence-electron chi connectivity index (χ0n) is 14.0. The van der Waals surface area contributed by atoms with Gasteiger partial charge >= 0.3 is 12.1 Å². The maximum absolute atomic E-state index is 13.3. The number of alkyl halides is 3. The summed E-state index contributed by atoms with van der Waals surface area (Å²) in [5.41, 5.74) is -0.0967. The Labute approximate surface area is 164 Å². The first-order valence-electron chi connectivity index (χ1n) is 8.29. The van der Waals surface area contributed by atoms with Crippen molar-refractivity contribution in [2.75, 3.05) is 6.54 Å². The van der Waals surface area contributed by atoms with E-state index in [1.807, 2.05) is 0 Å². The van der Waals surface area contributed by atoms with Crippen LogP contribution in [0.3, 0.4) is 0 Å². The molecular formula is C19H16Cl2F3NO2. The number of hydrogen-bond acceptors (Lipinski definition) is 2. The van der Waals surface area contributed by atoms with Crippen LogP contribution in [0.15, 0.2) is 42.5 Å². The summed E-state index contributed by atoms with van der Waals surface area (Å²) >= 11 is 12.1. The normalized spacial score (nSPS) is 19.2. The minimum atomic E-state index is -4.62. The molecule has 0 aliphatic carbocycles. The van der Waals surface area contributed by atoms with Crippen molar-refractivity contribution >= 4 is 29.2 Å². The summed E-state index contributed by atoms with van der Waals surface area (Å²) < 4.78 is 40.0. The molecule has 0 bridgehead atoms. The number of aliphatic carboxylic acids is 1. The third kappa shape index (κ3) is 4.08. The maximum atomic E-state index is 13.3. The summed E-state index contributed by atoms with van der Waals surface area (Å²) in [5, 5.41) is 9.51. The van der Waals surface area contributed by atoms with Gasteiger partial charge in [0, 0.05) is 11.6 Å². The topological polar surface area (TPSA) is 40.5 Å². The molecule has 8 heteroatoms. The van der Waals surface area contributed by atoms with E-state index in [-0.39, 0.29) is 0 Å². The lowest BCUT2D eigenvalue weighted by Crippen LogP contribution is -2.39. The zero-order valence-corrected chi connectivity index (χ0v) is 15.5. The number of carbonyl (C=O) groups is 1. The Hall–Kier alpha value is -1.76. The Kier molecular flexibility index (Phi) is 5.70. The summed E-state index contributed by atoms with van der Waals surface area (Å²) in [6.07, 6.45) is -3.55. The molecule has 1 N–H and O–H groups in total. The highest BCUT2D eigenvalue weighted by Gasteiger charge is 2.39. The Morgan fingerprint density at radius 3 is 2.48 bits per heavy atom. The maximum Gasteiger partial charge on any atom is 0.417 e. The molecule has 27 heavy (non-hydrogen) atoms. The van der Waals surface area contributed by atoms with Crippen LogP contribution in [0.4, 0.5) is 13.2 Å². The van der Waals surface area contributed by atoms with Crippen LogP contribution in [0, 0.1) is 0 Å². The monoisotopic (exact) mass is 417 g/mol. The first-order valence-corrected chi connectivity index (χ1v) is 9.05. The number of hydrogen-bond donors (Lipinski definition) is 1. The minimum absolute atomic E-state index is 0.299. The van der Waals surface area contributed by atoms with Gasteiger partial charge in [-0.15, -0.1) is 0 Å².